The first kappa shape index (κ1) is 9.64. The third kappa shape index (κ3) is 1.96. The number of ether oxygens (including phenoxy) is 1. The molecule has 1 aromatic carbocycles. The minimum absolute atomic E-state index is 0.169. The number of alkyl carbamates (subject to hydrolysis) is 1. The highest BCUT2D eigenvalue weighted by Crippen LogP contribution is 2.29. The Balaban J connectivity index is 2.21. The minimum Gasteiger partial charge on any atom is -0.504 e. The molecule has 1 aliphatic rings. The second-order valence-corrected chi connectivity index (χ2v) is 3.37. The van der Waals surface area contributed by atoms with Crippen molar-refractivity contribution in [3.05, 3.63) is 23.8 Å². The summed E-state index contributed by atoms with van der Waals surface area (Å²) < 4.78 is 4.72. The maximum Gasteiger partial charge on any atom is 0.407 e. The van der Waals surface area contributed by atoms with Gasteiger partial charge in [0.2, 0.25) is 0 Å². The third-order valence-electron chi connectivity index (χ3n) is 2.33. The molecule has 1 fully saturated rings. The van der Waals surface area contributed by atoms with Gasteiger partial charge in [-0.15, -0.1) is 0 Å². The van der Waals surface area contributed by atoms with E-state index in [4.69, 9.17) is 9.84 Å². The predicted molar refractivity (Wildman–Crippen MR) is 51.6 cm³/mol. The molecule has 0 radical (unpaired) electrons. The molecule has 5 nitrogen and oxygen atoms in total. The molecule has 0 saturated carbocycles. The fourth-order valence-corrected chi connectivity index (χ4v) is 1.53. The van der Waals surface area contributed by atoms with Crippen LogP contribution in [0.1, 0.15) is 18.0 Å². The van der Waals surface area contributed by atoms with Crippen LogP contribution in [0, 0.1) is 0 Å². The van der Waals surface area contributed by atoms with Crippen molar-refractivity contribution < 1.29 is 19.7 Å². The Morgan fingerprint density at radius 2 is 2.13 bits per heavy atom. The van der Waals surface area contributed by atoms with Gasteiger partial charge in [-0.1, -0.05) is 6.07 Å². The van der Waals surface area contributed by atoms with Crippen molar-refractivity contribution in [1.29, 1.82) is 0 Å². The molecule has 0 spiro atoms. The van der Waals surface area contributed by atoms with Crippen molar-refractivity contribution in [3.8, 4) is 11.5 Å². The van der Waals surface area contributed by atoms with E-state index in [0.717, 1.165) is 5.56 Å². The van der Waals surface area contributed by atoms with Gasteiger partial charge < -0.3 is 20.3 Å². The molecule has 0 bridgehead atoms. The second kappa shape index (κ2) is 3.68. The summed E-state index contributed by atoms with van der Waals surface area (Å²) in [6.45, 7) is 0.359. The van der Waals surface area contributed by atoms with Crippen LogP contribution < -0.4 is 5.32 Å². The number of nitrogens with one attached hydrogen (secondary N) is 1. The topological polar surface area (TPSA) is 78.8 Å². The monoisotopic (exact) mass is 209 g/mol. The van der Waals surface area contributed by atoms with Crippen molar-refractivity contribution in [1.82, 2.24) is 5.32 Å². The molecule has 1 amide bonds. The van der Waals surface area contributed by atoms with E-state index in [1.165, 1.54) is 12.1 Å². The minimum atomic E-state index is -0.459. The summed E-state index contributed by atoms with van der Waals surface area (Å²) in [5.74, 6) is -0.356. The molecule has 3 N–H and O–H groups in total. The largest absolute Gasteiger partial charge is 0.504 e. The number of carbonyl (C=O) groups is 1. The lowest BCUT2D eigenvalue weighted by Crippen LogP contribution is -2.35. The van der Waals surface area contributed by atoms with Gasteiger partial charge in [0.15, 0.2) is 11.5 Å². The van der Waals surface area contributed by atoms with Crippen LogP contribution in [0.5, 0.6) is 11.5 Å². The Labute approximate surface area is 86.3 Å². The van der Waals surface area contributed by atoms with E-state index in [0.29, 0.717) is 13.0 Å². The second-order valence-electron chi connectivity index (χ2n) is 3.37. The van der Waals surface area contributed by atoms with Crippen LogP contribution in [0.15, 0.2) is 18.2 Å². The lowest BCUT2D eigenvalue weighted by molar-refractivity contribution is 0.115. The fraction of sp³-hybridized carbons (Fsp3) is 0.300. The highest BCUT2D eigenvalue weighted by Gasteiger charge is 2.21. The van der Waals surface area contributed by atoms with Crippen LogP contribution in [0.25, 0.3) is 0 Å². The first-order chi connectivity index (χ1) is 7.16. The number of hydrogen-bond donors (Lipinski definition) is 3. The molecule has 0 unspecified atom stereocenters. The van der Waals surface area contributed by atoms with Crippen LogP contribution in [-0.4, -0.2) is 22.9 Å². The maximum absolute atomic E-state index is 11.0. The number of benzene rings is 1. The SMILES string of the molecule is O=C1N[C@@H](c2ccc(O)c(O)c2)CCO1. The highest BCUT2D eigenvalue weighted by molar-refractivity contribution is 5.68. The van der Waals surface area contributed by atoms with Crippen molar-refractivity contribution >= 4 is 6.09 Å². The van der Waals surface area contributed by atoms with E-state index < -0.39 is 6.09 Å². The summed E-state index contributed by atoms with van der Waals surface area (Å²) in [4.78, 5) is 11.0. The average molecular weight is 209 g/mol. The van der Waals surface area contributed by atoms with Crippen molar-refractivity contribution in [2.75, 3.05) is 6.61 Å². The molecule has 5 heteroatoms. The molecule has 1 saturated heterocycles. The number of carbonyl (C=O) groups excluding carboxylic acids is 1. The van der Waals surface area contributed by atoms with Crippen LogP contribution in [0.2, 0.25) is 0 Å². The highest BCUT2D eigenvalue weighted by atomic mass is 16.5. The Hall–Kier alpha value is -1.91. The Bertz CT molecular complexity index is 391. The molecule has 0 aromatic heterocycles. The number of amides is 1. The van der Waals surface area contributed by atoms with E-state index in [9.17, 15) is 9.90 Å². The van der Waals surface area contributed by atoms with E-state index in [1.54, 1.807) is 6.07 Å². The number of cyclic esters (lactones) is 1. The van der Waals surface area contributed by atoms with Gasteiger partial charge in [-0.25, -0.2) is 4.79 Å². The van der Waals surface area contributed by atoms with Gasteiger partial charge in [-0.3, -0.25) is 0 Å². The van der Waals surface area contributed by atoms with E-state index in [1.807, 2.05) is 0 Å². The number of rotatable bonds is 1. The first-order valence-electron chi connectivity index (χ1n) is 4.62. The molecule has 0 aliphatic carbocycles. The van der Waals surface area contributed by atoms with Crippen molar-refractivity contribution in [3.63, 3.8) is 0 Å². The van der Waals surface area contributed by atoms with E-state index >= 15 is 0 Å². The molecular formula is C10H11NO4. The normalized spacial score (nSPS) is 20.5. The molecule has 1 heterocycles. The first-order valence-corrected chi connectivity index (χ1v) is 4.62. The number of phenols is 2. The van der Waals surface area contributed by atoms with Crippen molar-refractivity contribution in [2.24, 2.45) is 0 Å². The quantitative estimate of drug-likeness (QED) is 0.608. The standard InChI is InChI=1S/C10H11NO4/c12-8-2-1-6(5-9(8)13)7-3-4-15-10(14)11-7/h1-2,5,7,12-13H,3-4H2,(H,11,14)/t7-/m1/s1. The van der Waals surface area contributed by atoms with Crippen LogP contribution in [-0.2, 0) is 4.74 Å². The smallest absolute Gasteiger partial charge is 0.407 e. The summed E-state index contributed by atoms with van der Waals surface area (Å²) in [6.07, 6.45) is 0.189. The molecule has 15 heavy (non-hydrogen) atoms. The lowest BCUT2D eigenvalue weighted by Gasteiger charge is -2.23. The van der Waals surface area contributed by atoms with Crippen LogP contribution >= 0.6 is 0 Å². The predicted octanol–water partition coefficient (Wildman–Crippen LogP) is 1.27. The lowest BCUT2D eigenvalue weighted by atomic mass is 10.0. The summed E-state index contributed by atoms with van der Waals surface area (Å²) in [5, 5.41) is 21.1. The Kier molecular flexibility index (Phi) is 2.37. The van der Waals surface area contributed by atoms with Gasteiger partial charge in [0.1, 0.15) is 0 Å². The molecular weight excluding hydrogens is 198 g/mol. The average Bonchev–Trinajstić information content (AvgIpc) is 2.22. The summed E-state index contributed by atoms with van der Waals surface area (Å²) >= 11 is 0. The Morgan fingerprint density at radius 1 is 1.33 bits per heavy atom. The van der Waals surface area contributed by atoms with Gasteiger partial charge in [0.05, 0.1) is 12.6 Å². The molecule has 80 valence electrons. The molecule has 2 rings (SSSR count). The summed E-state index contributed by atoms with van der Waals surface area (Å²) in [5.41, 5.74) is 0.752. The zero-order chi connectivity index (χ0) is 10.8. The van der Waals surface area contributed by atoms with Gasteiger partial charge in [-0.2, -0.15) is 0 Å². The van der Waals surface area contributed by atoms with Gasteiger partial charge in [-0.05, 0) is 17.7 Å². The van der Waals surface area contributed by atoms with Crippen LogP contribution in [0.3, 0.4) is 0 Å². The van der Waals surface area contributed by atoms with Gasteiger partial charge >= 0.3 is 6.09 Å². The van der Waals surface area contributed by atoms with E-state index in [2.05, 4.69) is 5.32 Å². The van der Waals surface area contributed by atoms with Gasteiger partial charge in [0.25, 0.3) is 0 Å². The molecule has 1 aliphatic heterocycles. The number of hydrogen-bond acceptors (Lipinski definition) is 4. The summed E-state index contributed by atoms with van der Waals surface area (Å²) in [6, 6.07) is 4.32. The fourth-order valence-electron chi connectivity index (χ4n) is 1.53. The molecule has 1 atom stereocenters. The van der Waals surface area contributed by atoms with Crippen molar-refractivity contribution in [2.45, 2.75) is 12.5 Å². The van der Waals surface area contributed by atoms with E-state index in [-0.39, 0.29) is 17.5 Å². The molecule has 1 aromatic rings. The van der Waals surface area contributed by atoms with Crippen LogP contribution in [0.4, 0.5) is 4.79 Å². The maximum atomic E-state index is 11.0. The Morgan fingerprint density at radius 3 is 2.80 bits per heavy atom. The summed E-state index contributed by atoms with van der Waals surface area (Å²) in [7, 11) is 0. The number of phenolic OH excluding ortho intramolecular Hbond substituents is 2. The number of aromatic hydroxyl groups is 2. The zero-order valence-corrected chi connectivity index (χ0v) is 7.93. The third-order valence-corrected chi connectivity index (χ3v) is 2.33. The zero-order valence-electron chi connectivity index (χ0n) is 7.93. The van der Waals surface area contributed by atoms with Gasteiger partial charge in [0, 0.05) is 6.42 Å².